The standard InChI is InChI=1S/C15H19BrN4O/c1-10-13(17)9-19(15(21)14(10)16)8-11-6-7-20(18-11)12-4-2-3-5-12/h6-7,9,12H,2-5,8,17H2,1H3. The molecule has 112 valence electrons. The van der Waals surface area contributed by atoms with Crippen LogP contribution in [0.25, 0.3) is 0 Å². The van der Waals surface area contributed by atoms with Gasteiger partial charge in [-0.2, -0.15) is 5.10 Å². The molecule has 3 rings (SSSR count). The number of rotatable bonds is 3. The maximum atomic E-state index is 12.2. The van der Waals surface area contributed by atoms with E-state index in [0.717, 1.165) is 11.3 Å². The predicted octanol–water partition coefficient (Wildman–Crippen LogP) is 2.86. The fourth-order valence-corrected chi connectivity index (χ4v) is 3.32. The van der Waals surface area contributed by atoms with Gasteiger partial charge in [0, 0.05) is 12.4 Å². The smallest absolute Gasteiger partial charge is 0.265 e. The Hall–Kier alpha value is -1.56. The summed E-state index contributed by atoms with van der Waals surface area (Å²) in [4.78, 5) is 12.2. The largest absolute Gasteiger partial charge is 0.397 e. The zero-order valence-electron chi connectivity index (χ0n) is 12.1. The summed E-state index contributed by atoms with van der Waals surface area (Å²) >= 11 is 3.31. The summed E-state index contributed by atoms with van der Waals surface area (Å²) in [6.07, 6.45) is 8.66. The highest BCUT2D eigenvalue weighted by molar-refractivity contribution is 9.10. The van der Waals surface area contributed by atoms with Gasteiger partial charge in [-0.05, 0) is 47.3 Å². The zero-order valence-corrected chi connectivity index (χ0v) is 13.6. The highest BCUT2D eigenvalue weighted by Crippen LogP contribution is 2.28. The number of anilines is 1. The van der Waals surface area contributed by atoms with Gasteiger partial charge in [0.2, 0.25) is 0 Å². The molecule has 0 radical (unpaired) electrons. The number of aromatic nitrogens is 3. The lowest BCUT2D eigenvalue weighted by Gasteiger charge is -2.10. The van der Waals surface area contributed by atoms with Crippen LogP contribution in [-0.2, 0) is 6.54 Å². The highest BCUT2D eigenvalue weighted by atomic mass is 79.9. The van der Waals surface area contributed by atoms with E-state index in [0.29, 0.717) is 22.7 Å². The molecule has 0 bridgehead atoms. The van der Waals surface area contributed by atoms with Crippen LogP contribution in [-0.4, -0.2) is 14.3 Å². The first-order chi connectivity index (χ1) is 10.1. The molecule has 6 heteroatoms. The molecule has 0 unspecified atom stereocenters. The molecule has 0 spiro atoms. The minimum absolute atomic E-state index is 0.0721. The SMILES string of the molecule is Cc1c(N)cn(Cc2ccn(C3CCCC3)n2)c(=O)c1Br. The number of pyridine rings is 1. The van der Waals surface area contributed by atoms with Gasteiger partial charge in [-0.3, -0.25) is 9.48 Å². The third kappa shape index (κ3) is 2.77. The van der Waals surface area contributed by atoms with Gasteiger partial charge in [0.1, 0.15) is 0 Å². The van der Waals surface area contributed by atoms with Crippen molar-refractivity contribution in [2.75, 3.05) is 5.73 Å². The number of hydrogen-bond acceptors (Lipinski definition) is 3. The van der Waals surface area contributed by atoms with Gasteiger partial charge in [-0.25, -0.2) is 0 Å². The molecule has 1 aliphatic rings. The van der Waals surface area contributed by atoms with E-state index in [1.54, 1.807) is 10.8 Å². The molecule has 1 fully saturated rings. The van der Waals surface area contributed by atoms with Crippen LogP contribution >= 0.6 is 15.9 Å². The molecule has 21 heavy (non-hydrogen) atoms. The zero-order chi connectivity index (χ0) is 15.0. The lowest BCUT2D eigenvalue weighted by molar-refractivity contribution is 0.461. The Labute approximate surface area is 131 Å². The van der Waals surface area contributed by atoms with Gasteiger partial charge in [0.05, 0.1) is 28.4 Å². The molecule has 1 saturated carbocycles. The molecule has 0 aromatic carbocycles. The summed E-state index contributed by atoms with van der Waals surface area (Å²) in [6, 6.07) is 2.50. The van der Waals surface area contributed by atoms with Crippen LogP contribution in [0.2, 0.25) is 0 Å². The van der Waals surface area contributed by atoms with Gasteiger partial charge >= 0.3 is 0 Å². The Kier molecular flexibility index (Phi) is 3.89. The number of hydrogen-bond donors (Lipinski definition) is 1. The van der Waals surface area contributed by atoms with Crippen molar-refractivity contribution in [2.24, 2.45) is 0 Å². The van der Waals surface area contributed by atoms with Crippen molar-refractivity contribution in [3.8, 4) is 0 Å². The van der Waals surface area contributed by atoms with Gasteiger partial charge in [-0.15, -0.1) is 0 Å². The lowest BCUT2D eigenvalue weighted by atomic mass is 10.2. The molecule has 2 aromatic rings. The Morgan fingerprint density at radius 3 is 2.86 bits per heavy atom. The molecule has 2 aromatic heterocycles. The summed E-state index contributed by atoms with van der Waals surface area (Å²) in [5.74, 6) is 0. The Bertz CT molecular complexity index is 713. The van der Waals surface area contributed by atoms with Crippen molar-refractivity contribution in [3.63, 3.8) is 0 Å². The van der Waals surface area contributed by atoms with E-state index in [-0.39, 0.29) is 5.56 Å². The van der Waals surface area contributed by atoms with E-state index in [9.17, 15) is 4.79 Å². The number of nitrogen functional groups attached to an aromatic ring is 1. The minimum Gasteiger partial charge on any atom is -0.397 e. The number of halogens is 1. The van der Waals surface area contributed by atoms with E-state index in [2.05, 4.69) is 21.0 Å². The van der Waals surface area contributed by atoms with Crippen LogP contribution in [0.1, 0.15) is 43.0 Å². The minimum atomic E-state index is -0.0721. The van der Waals surface area contributed by atoms with Crippen molar-refractivity contribution < 1.29 is 0 Å². The van der Waals surface area contributed by atoms with E-state index in [1.165, 1.54) is 25.7 Å². The van der Waals surface area contributed by atoms with E-state index in [4.69, 9.17) is 5.73 Å². The van der Waals surface area contributed by atoms with Crippen LogP contribution in [0.3, 0.4) is 0 Å². The molecular weight excluding hydrogens is 332 g/mol. The third-order valence-electron chi connectivity index (χ3n) is 4.20. The molecule has 0 atom stereocenters. The topological polar surface area (TPSA) is 65.8 Å². The lowest BCUT2D eigenvalue weighted by Crippen LogP contribution is -2.23. The second kappa shape index (κ2) is 5.67. The van der Waals surface area contributed by atoms with Crippen molar-refractivity contribution in [3.05, 3.63) is 44.5 Å². The summed E-state index contributed by atoms with van der Waals surface area (Å²) in [7, 11) is 0. The highest BCUT2D eigenvalue weighted by Gasteiger charge is 2.18. The quantitative estimate of drug-likeness (QED) is 0.925. The van der Waals surface area contributed by atoms with E-state index in [1.807, 2.05) is 23.9 Å². The molecule has 2 heterocycles. The third-order valence-corrected chi connectivity index (χ3v) is 5.13. The molecule has 2 N–H and O–H groups in total. The molecular formula is C15H19BrN4O. The van der Waals surface area contributed by atoms with Crippen LogP contribution in [0.5, 0.6) is 0 Å². The maximum Gasteiger partial charge on any atom is 0.265 e. The summed E-state index contributed by atoms with van der Waals surface area (Å²) in [6.45, 7) is 2.28. The first-order valence-electron chi connectivity index (χ1n) is 7.25. The predicted molar refractivity (Wildman–Crippen MR) is 86.4 cm³/mol. The molecule has 5 nitrogen and oxygen atoms in total. The number of nitrogens with two attached hydrogens (primary N) is 1. The molecule has 0 aliphatic heterocycles. The molecule has 0 saturated heterocycles. The Morgan fingerprint density at radius 2 is 2.14 bits per heavy atom. The van der Waals surface area contributed by atoms with Crippen molar-refractivity contribution >= 4 is 21.6 Å². The molecule has 1 aliphatic carbocycles. The number of nitrogens with zero attached hydrogens (tertiary/aromatic N) is 3. The normalized spacial score (nSPS) is 15.7. The van der Waals surface area contributed by atoms with E-state index < -0.39 is 0 Å². The fraction of sp³-hybridized carbons (Fsp3) is 0.467. The van der Waals surface area contributed by atoms with Crippen LogP contribution in [0.4, 0.5) is 5.69 Å². The second-order valence-electron chi connectivity index (χ2n) is 5.68. The van der Waals surface area contributed by atoms with Crippen molar-refractivity contribution in [1.29, 1.82) is 0 Å². The van der Waals surface area contributed by atoms with Gasteiger partial charge < -0.3 is 10.3 Å². The summed E-state index contributed by atoms with van der Waals surface area (Å²) in [5, 5.41) is 4.61. The Balaban J connectivity index is 1.85. The molecule has 0 amide bonds. The van der Waals surface area contributed by atoms with Crippen molar-refractivity contribution in [1.82, 2.24) is 14.3 Å². The van der Waals surface area contributed by atoms with Crippen LogP contribution in [0.15, 0.2) is 27.7 Å². The van der Waals surface area contributed by atoms with E-state index >= 15 is 0 Å². The first-order valence-corrected chi connectivity index (χ1v) is 8.04. The summed E-state index contributed by atoms with van der Waals surface area (Å²) in [5.41, 5.74) is 8.14. The van der Waals surface area contributed by atoms with Crippen molar-refractivity contribution in [2.45, 2.75) is 45.2 Å². The average Bonchev–Trinajstić information content (AvgIpc) is 3.13. The van der Waals surface area contributed by atoms with Gasteiger partial charge in [0.15, 0.2) is 0 Å². The van der Waals surface area contributed by atoms with Gasteiger partial charge in [0.25, 0.3) is 5.56 Å². The summed E-state index contributed by atoms with van der Waals surface area (Å²) < 4.78 is 4.17. The monoisotopic (exact) mass is 350 g/mol. The van der Waals surface area contributed by atoms with Crippen LogP contribution < -0.4 is 11.3 Å². The Morgan fingerprint density at radius 1 is 1.43 bits per heavy atom. The maximum absolute atomic E-state index is 12.2. The second-order valence-corrected chi connectivity index (χ2v) is 6.47. The fourth-order valence-electron chi connectivity index (χ4n) is 2.86. The average molecular weight is 351 g/mol. The van der Waals surface area contributed by atoms with Gasteiger partial charge in [-0.1, -0.05) is 12.8 Å². The first kappa shape index (κ1) is 14.4. The van der Waals surface area contributed by atoms with Crippen LogP contribution in [0, 0.1) is 6.92 Å².